The molecule has 6 heteroatoms. The van der Waals surface area contributed by atoms with Crippen LogP contribution < -0.4 is 5.32 Å². The molecule has 4 atom stereocenters. The normalized spacial score (nSPS) is 20.1. The highest BCUT2D eigenvalue weighted by atomic mass is 16.5. The number of carbonyl (C=O) groups excluding carboxylic acids is 3. The number of amides is 1. The van der Waals surface area contributed by atoms with Gasteiger partial charge in [0.1, 0.15) is 12.1 Å². The number of ether oxygens (including phenoxy) is 2. The van der Waals surface area contributed by atoms with Gasteiger partial charge in [-0.1, -0.05) is 79.1 Å². The van der Waals surface area contributed by atoms with Crippen LogP contribution in [0.3, 0.4) is 0 Å². The van der Waals surface area contributed by atoms with Crippen LogP contribution in [0.15, 0.2) is 0 Å². The third-order valence-electron chi connectivity index (χ3n) is 6.42. The summed E-state index contributed by atoms with van der Waals surface area (Å²) >= 11 is 0. The summed E-state index contributed by atoms with van der Waals surface area (Å²) in [7, 11) is 0. The van der Waals surface area contributed by atoms with Crippen molar-refractivity contribution in [2.24, 2.45) is 17.8 Å². The molecule has 1 rings (SSSR count). The van der Waals surface area contributed by atoms with Crippen LogP contribution in [0.2, 0.25) is 0 Å². The number of unbranched alkanes of at least 4 members (excludes halogenated alkanes) is 7. The van der Waals surface area contributed by atoms with Crippen LogP contribution in [0.25, 0.3) is 0 Å². The zero-order valence-corrected chi connectivity index (χ0v) is 20.9. The van der Waals surface area contributed by atoms with Gasteiger partial charge < -0.3 is 14.8 Å². The van der Waals surface area contributed by atoms with E-state index >= 15 is 0 Å². The second kappa shape index (κ2) is 17.0. The summed E-state index contributed by atoms with van der Waals surface area (Å²) in [6, 6.07) is -0.624. The molecule has 32 heavy (non-hydrogen) atoms. The first kappa shape index (κ1) is 28.4. The van der Waals surface area contributed by atoms with Crippen molar-refractivity contribution in [1.82, 2.24) is 5.32 Å². The van der Waals surface area contributed by atoms with Crippen molar-refractivity contribution in [2.45, 2.75) is 123 Å². The van der Waals surface area contributed by atoms with E-state index in [1.54, 1.807) is 0 Å². The van der Waals surface area contributed by atoms with E-state index in [0.717, 1.165) is 38.5 Å². The third kappa shape index (κ3) is 11.3. The van der Waals surface area contributed by atoms with E-state index in [9.17, 15) is 14.4 Å². The van der Waals surface area contributed by atoms with Crippen molar-refractivity contribution in [2.75, 3.05) is 6.61 Å². The van der Waals surface area contributed by atoms with Gasteiger partial charge in [-0.25, -0.2) is 4.79 Å². The summed E-state index contributed by atoms with van der Waals surface area (Å²) in [6.07, 6.45) is 13.4. The summed E-state index contributed by atoms with van der Waals surface area (Å²) in [6.45, 7) is 8.82. The molecule has 0 aliphatic carbocycles. The van der Waals surface area contributed by atoms with Crippen LogP contribution in [0.1, 0.15) is 111 Å². The van der Waals surface area contributed by atoms with Crippen molar-refractivity contribution in [3.63, 3.8) is 0 Å². The van der Waals surface area contributed by atoms with Gasteiger partial charge in [0.2, 0.25) is 6.41 Å². The minimum Gasteiger partial charge on any atom is -0.465 e. The van der Waals surface area contributed by atoms with Crippen LogP contribution in [-0.4, -0.2) is 37.1 Å². The van der Waals surface area contributed by atoms with Gasteiger partial charge in [-0.15, -0.1) is 0 Å². The number of carbonyl (C=O) groups is 3. The fourth-order valence-electron chi connectivity index (χ4n) is 4.55. The molecule has 0 unspecified atom stereocenters. The third-order valence-corrected chi connectivity index (χ3v) is 6.42. The highest BCUT2D eigenvalue weighted by molar-refractivity contribution is 5.78. The molecule has 1 fully saturated rings. The molecule has 0 aromatic rings. The first-order chi connectivity index (χ1) is 15.4. The summed E-state index contributed by atoms with van der Waals surface area (Å²) < 4.78 is 11.3. The first-order valence-corrected chi connectivity index (χ1v) is 13.0. The van der Waals surface area contributed by atoms with E-state index in [4.69, 9.17) is 9.47 Å². The molecule has 0 aromatic carbocycles. The lowest BCUT2D eigenvalue weighted by Crippen LogP contribution is -2.40. The predicted octanol–water partition coefficient (Wildman–Crippen LogP) is 5.57. The van der Waals surface area contributed by atoms with E-state index in [1.807, 2.05) is 13.8 Å². The Balaban J connectivity index is 2.75. The number of esters is 2. The maximum Gasteiger partial charge on any atom is 0.328 e. The number of rotatable bonds is 19. The van der Waals surface area contributed by atoms with Gasteiger partial charge in [0.25, 0.3) is 0 Å². The largest absolute Gasteiger partial charge is 0.465 e. The molecular formula is C26H47NO5. The summed E-state index contributed by atoms with van der Waals surface area (Å²) in [5.74, 6) is -0.192. The molecule has 0 aromatic heterocycles. The van der Waals surface area contributed by atoms with Gasteiger partial charge in [-0.2, -0.15) is 0 Å². The number of cyclic esters (lactones) is 1. The molecule has 0 bridgehead atoms. The molecule has 186 valence electrons. The lowest BCUT2D eigenvalue weighted by atomic mass is 9.85. The summed E-state index contributed by atoms with van der Waals surface area (Å²) in [4.78, 5) is 36.1. The molecule has 1 N–H and O–H groups in total. The van der Waals surface area contributed by atoms with Crippen LogP contribution in [0, 0.1) is 17.8 Å². The van der Waals surface area contributed by atoms with Crippen LogP contribution in [-0.2, 0) is 23.9 Å². The predicted molar refractivity (Wildman–Crippen MR) is 127 cm³/mol. The number of nitrogens with one attached hydrogen (secondary N) is 1. The minimum absolute atomic E-state index is 0.0901. The Morgan fingerprint density at radius 3 is 2.38 bits per heavy atom. The molecule has 0 saturated carbocycles. The minimum atomic E-state index is -0.624. The van der Waals surface area contributed by atoms with Crippen molar-refractivity contribution in [3.8, 4) is 0 Å². The Morgan fingerprint density at radius 1 is 1.09 bits per heavy atom. The maximum atomic E-state index is 12.8. The highest BCUT2D eigenvalue weighted by Crippen LogP contribution is 2.32. The van der Waals surface area contributed by atoms with E-state index < -0.39 is 6.04 Å². The average Bonchev–Trinajstić information content (AvgIpc) is 3.09. The topological polar surface area (TPSA) is 81.7 Å². The van der Waals surface area contributed by atoms with Crippen molar-refractivity contribution in [3.05, 3.63) is 0 Å². The maximum absolute atomic E-state index is 12.8. The molecule has 1 heterocycles. The number of hydrogen-bond donors (Lipinski definition) is 1. The van der Waals surface area contributed by atoms with Crippen LogP contribution in [0.4, 0.5) is 0 Å². The Hall–Kier alpha value is -1.59. The zero-order valence-electron chi connectivity index (χ0n) is 20.9. The molecule has 1 amide bonds. The molecule has 1 saturated heterocycles. The fourth-order valence-corrected chi connectivity index (χ4v) is 4.55. The summed E-state index contributed by atoms with van der Waals surface area (Å²) in [5.41, 5.74) is 0. The lowest BCUT2D eigenvalue weighted by Gasteiger charge is -2.25. The van der Waals surface area contributed by atoms with Gasteiger partial charge in [-0.05, 0) is 38.0 Å². The molecule has 0 radical (unpaired) electrons. The lowest BCUT2D eigenvalue weighted by molar-refractivity contribution is -0.154. The Kier molecular flexibility index (Phi) is 15.1. The average molecular weight is 454 g/mol. The Labute approximate surface area is 195 Å². The van der Waals surface area contributed by atoms with Gasteiger partial charge in [0.15, 0.2) is 0 Å². The second-order valence-electron chi connectivity index (χ2n) is 9.81. The highest BCUT2D eigenvalue weighted by Gasteiger charge is 2.38. The summed E-state index contributed by atoms with van der Waals surface area (Å²) in [5, 5.41) is 2.62. The first-order valence-electron chi connectivity index (χ1n) is 13.0. The molecular weight excluding hydrogens is 406 g/mol. The molecule has 6 nitrogen and oxygen atoms in total. The van der Waals surface area contributed by atoms with E-state index in [1.165, 1.54) is 32.1 Å². The number of hydrogen-bond acceptors (Lipinski definition) is 5. The van der Waals surface area contributed by atoms with Crippen molar-refractivity contribution < 1.29 is 23.9 Å². The molecule has 0 spiro atoms. The van der Waals surface area contributed by atoms with Crippen LogP contribution >= 0.6 is 0 Å². The van der Waals surface area contributed by atoms with Crippen molar-refractivity contribution in [1.29, 1.82) is 0 Å². The Morgan fingerprint density at radius 2 is 1.75 bits per heavy atom. The zero-order chi connectivity index (χ0) is 23.8. The molecule has 1 aliphatic heterocycles. The molecule has 1 aliphatic rings. The van der Waals surface area contributed by atoms with Gasteiger partial charge in [0, 0.05) is 5.92 Å². The Bertz CT molecular complexity index is 536. The monoisotopic (exact) mass is 453 g/mol. The quantitative estimate of drug-likeness (QED) is 0.157. The second-order valence-corrected chi connectivity index (χ2v) is 9.81. The van der Waals surface area contributed by atoms with Gasteiger partial charge >= 0.3 is 11.9 Å². The van der Waals surface area contributed by atoms with Crippen LogP contribution in [0.5, 0.6) is 0 Å². The SMILES string of the molecule is CCCCCCC[C@@H](C[C@@H]1COC(=O)[C@H]1CCCCCC)OC(=O)[C@H](CC(C)C)NC=O. The van der Waals surface area contributed by atoms with Gasteiger partial charge in [-0.3, -0.25) is 9.59 Å². The van der Waals surface area contributed by atoms with Gasteiger partial charge in [0.05, 0.1) is 12.5 Å². The van der Waals surface area contributed by atoms with E-state index in [-0.39, 0.29) is 35.8 Å². The fraction of sp³-hybridized carbons (Fsp3) is 0.885. The van der Waals surface area contributed by atoms with E-state index in [0.29, 0.717) is 25.9 Å². The van der Waals surface area contributed by atoms with Crippen molar-refractivity contribution >= 4 is 18.3 Å². The standard InChI is InChI=1S/C26H47NO5/c1-5-7-9-11-12-14-22(32-26(30)24(27-19-28)16-20(3)4)17-21-18-31-25(29)23(21)15-13-10-8-6-2/h19-24H,5-18H2,1-4H3,(H,27,28)/t21-,22+,23+,24+/m1/s1. The van der Waals surface area contributed by atoms with E-state index in [2.05, 4.69) is 19.2 Å². The smallest absolute Gasteiger partial charge is 0.328 e.